The van der Waals surface area contributed by atoms with E-state index in [2.05, 4.69) is 5.32 Å². The summed E-state index contributed by atoms with van der Waals surface area (Å²) in [6.45, 7) is 2.64. The van der Waals surface area contributed by atoms with Gasteiger partial charge in [0.1, 0.15) is 0 Å². The van der Waals surface area contributed by atoms with E-state index in [1.807, 2.05) is 19.2 Å². The topological polar surface area (TPSA) is 52.6 Å². The van der Waals surface area contributed by atoms with Gasteiger partial charge in [-0.3, -0.25) is 4.90 Å². The van der Waals surface area contributed by atoms with Crippen molar-refractivity contribution in [2.45, 2.75) is 31.9 Å². The van der Waals surface area contributed by atoms with Gasteiger partial charge in [-0.25, -0.2) is 4.79 Å². The third-order valence-corrected chi connectivity index (χ3v) is 3.08. The summed E-state index contributed by atoms with van der Waals surface area (Å²) in [7, 11) is 0. The molecule has 0 aromatic rings. The molecule has 1 fully saturated rings. The first kappa shape index (κ1) is 9.52. The quantitative estimate of drug-likeness (QED) is 0.648. The van der Waals surface area contributed by atoms with Gasteiger partial charge in [-0.05, 0) is 24.8 Å². The van der Waals surface area contributed by atoms with Crippen molar-refractivity contribution in [2.75, 3.05) is 6.54 Å². The smallest absolute Gasteiger partial charge is 0.321 e. The Morgan fingerprint density at radius 2 is 2.36 bits per heavy atom. The van der Waals surface area contributed by atoms with Crippen molar-refractivity contribution in [3.8, 4) is 0 Å². The van der Waals surface area contributed by atoms with Crippen molar-refractivity contribution in [2.24, 2.45) is 5.92 Å². The molecule has 2 N–H and O–H groups in total. The fourth-order valence-electron chi connectivity index (χ4n) is 2.18. The van der Waals surface area contributed by atoms with Crippen molar-refractivity contribution >= 4 is 6.03 Å². The van der Waals surface area contributed by atoms with E-state index < -0.39 is 0 Å². The number of hydrogen-bond acceptors (Lipinski definition) is 2. The number of carbonyl (C=O) groups is 1. The average molecular weight is 196 g/mol. The van der Waals surface area contributed by atoms with Gasteiger partial charge in [0.05, 0.1) is 6.10 Å². The monoisotopic (exact) mass is 196 g/mol. The van der Waals surface area contributed by atoms with Crippen LogP contribution in [0.4, 0.5) is 4.79 Å². The Morgan fingerprint density at radius 1 is 1.57 bits per heavy atom. The molecule has 1 aliphatic heterocycles. The maximum Gasteiger partial charge on any atom is 0.321 e. The van der Waals surface area contributed by atoms with Crippen LogP contribution < -0.4 is 5.32 Å². The highest BCUT2D eigenvalue weighted by atomic mass is 16.3. The summed E-state index contributed by atoms with van der Waals surface area (Å²) < 4.78 is 0. The van der Waals surface area contributed by atoms with Crippen LogP contribution >= 0.6 is 0 Å². The summed E-state index contributed by atoms with van der Waals surface area (Å²) in [6.07, 6.45) is 5.08. The molecule has 2 rings (SSSR count). The lowest BCUT2D eigenvalue weighted by molar-refractivity contribution is 0.137. The molecule has 2 aliphatic rings. The zero-order valence-corrected chi connectivity index (χ0v) is 8.31. The van der Waals surface area contributed by atoms with Crippen LogP contribution in [0.25, 0.3) is 0 Å². The number of aliphatic hydroxyl groups excluding tert-OH is 1. The van der Waals surface area contributed by atoms with E-state index in [1.165, 1.54) is 0 Å². The van der Waals surface area contributed by atoms with E-state index in [4.69, 9.17) is 0 Å². The van der Waals surface area contributed by atoms with Crippen LogP contribution in [0.2, 0.25) is 0 Å². The van der Waals surface area contributed by atoms with Crippen molar-refractivity contribution in [1.29, 1.82) is 0 Å². The second-order valence-corrected chi connectivity index (χ2v) is 4.15. The van der Waals surface area contributed by atoms with Gasteiger partial charge in [-0.1, -0.05) is 6.92 Å². The summed E-state index contributed by atoms with van der Waals surface area (Å²) in [6, 6.07) is 0.121. The van der Waals surface area contributed by atoms with Gasteiger partial charge in [0.25, 0.3) is 0 Å². The zero-order chi connectivity index (χ0) is 10.1. The van der Waals surface area contributed by atoms with Crippen LogP contribution in [-0.4, -0.2) is 34.7 Å². The first-order valence-corrected chi connectivity index (χ1v) is 5.09. The molecular weight excluding hydrogens is 180 g/mol. The lowest BCUT2D eigenvalue weighted by atomic mass is 10.1. The minimum absolute atomic E-state index is 0.0428. The number of amides is 2. The summed E-state index contributed by atoms with van der Waals surface area (Å²) in [5.41, 5.74) is 0. The van der Waals surface area contributed by atoms with Crippen molar-refractivity contribution in [3.05, 3.63) is 12.3 Å². The number of hydrogen-bond donors (Lipinski definition) is 2. The lowest BCUT2D eigenvalue weighted by Crippen LogP contribution is -2.44. The first-order valence-electron chi connectivity index (χ1n) is 5.09. The Kier molecular flexibility index (Phi) is 2.46. The molecule has 4 nitrogen and oxygen atoms in total. The molecule has 0 aromatic heterocycles. The predicted octanol–water partition coefficient (Wildman–Crippen LogP) is 0.685. The molecule has 14 heavy (non-hydrogen) atoms. The zero-order valence-electron chi connectivity index (χ0n) is 8.31. The van der Waals surface area contributed by atoms with Gasteiger partial charge in [0.2, 0.25) is 0 Å². The van der Waals surface area contributed by atoms with E-state index in [0.717, 1.165) is 6.42 Å². The molecule has 1 heterocycles. The molecule has 4 heteroatoms. The number of aliphatic hydroxyl groups is 1. The number of urea groups is 1. The van der Waals surface area contributed by atoms with Crippen LogP contribution in [0.15, 0.2) is 12.3 Å². The van der Waals surface area contributed by atoms with Crippen molar-refractivity contribution in [1.82, 2.24) is 10.2 Å². The maximum absolute atomic E-state index is 11.5. The molecule has 2 amide bonds. The summed E-state index contributed by atoms with van der Waals surface area (Å²) in [5.74, 6) is 0.295. The Balaban J connectivity index is 2.05. The highest BCUT2D eigenvalue weighted by molar-refractivity contribution is 5.76. The summed E-state index contributed by atoms with van der Waals surface area (Å²) in [4.78, 5) is 13.2. The number of nitrogens with one attached hydrogen (secondary N) is 1. The summed E-state index contributed by atoms with van der Waals surface area (Å²) in [5, 5.41) is 12.4. The first-order chi connectivity index (χ1) is 6.68. The van der Waals surface area contributed by atoms with E-state index in [-0.39, 0.29) is 18.2 Å². The minimum atomic E-state index is -0.261. The molecule has 0 bridgehead atoms. The Labute approximate surface area is 83.6 Å². The molecule has 0 saturated heterocycles. The minimum Gasteiger partial charge on any atom is -0.393 e. The lowest BCUT2D eigenvalue weighted by Gasteiger charge is -2.28. The van der Waals surface area contributed by atoms with Gasteiger partial charge >= 0.3 is 6.03 Å². The van der Waals surface area contributed by atoms with Gasteiger partial charge in [0.15, 0.2) is 0 Å². The average Bonchev–Trinajstić information content (AvgIpc) is 2.48. The molecular formula is C10H16N2O2. The molecule has 3 atom stereocenters. The Bertz CT molecular complexity index is 255. The van der Waals surface area contributed by atoms with Gasteiger partial charge < -0.3 is 10.4 Å². The van der Waals surface area contributed by atoms with E-state index in [0.29, 0.717) is 18.9 Å². The number of carbonyl (C=O) groups excluding carboxylic acids is 1. The Hall–Kier alpha value is -1.03. The van der Waals surface area contributed by atoms with Crippen molar-refractivity contribution < 1.29 is 9.90 Å². The van der Waals surface area contributed by atoms with Gasteiger partial charge in [0, 0.05) is 18.8 Å². The highest BCUT2D eigenvalue weighted by Gasteiger charge is 2.35. The van der Waals surface area contributed by atoms with E-state index in [1.54, 1.807) is 4.90 Å². The van der Waals surface area contributed by atoms with Crippen LogP contribution in [0, 0.1) is 5.92 Å². The number of nitrogens with zero attached hydrogens (tertiary/aromatic N) is 1. The van der Waals surface area contributed by atoms with E-state index in [9.17, 15) is 9.90 Å². The fourth-order valence-corrected chi connectivity index (χ4v) is 2.18. The second kappa shape index (κ2) is 3.61. The van der Waals surface area contributed by atoms with Crippen LogP contribution in [0.1, 0.15) is 19.8 Å². The third-order valence-electron chi connectivity index (χ3n) is 3.08. The normalized spacial score (nSPS) is 37.4. The number of rotatable bonds is 1. The van der Waals surface area contributed by atoms with Crippen LogP contribution in [0.3, 0.4) is 0 Å². The van der Waals surface area contributed by atoms with Crippen molar-refractivity contribution in [3.63, 3.8) is 0 Å². The Morgan fingerprint density at radius 3 is 2.93 bits per heavy atom. The molecule has 1 saturated carbocycles. The van der Waals surface area contributed by atoms with E-state index >= 15 is 0 Å². The van der Waals surface area contributed by atoms with Gasteiger partial charge in [-0.15, -0.1) is 0 Å². The largest absolute Gasteiger partial charge is 0.393 e. The molecule has 0 spiro atoms. The second-order valence-electron chi connectivity index (χ2n) is 4.15. The maximum atomic E-state index is 11.5. The molecule has 0 radical (unpaired) electrons. The predicted molar refractivity (Wildman–Crippen MR) is 52.6 cm³/mol. The third kappa shape index (κ3) is 1.62. The summed E-state index contributed by atoms with van der Waals surface area (Å²) >= 11 is 0. The molecule has 78 valence electrons. The highest BCUT2D eigenvalue weighted by Crippen LogP contribution is 2.29. The van der Waals surface area contributed by atoms with Gasteiger partial charge in [-0.2, -0.15) is 0 Å². The van der Waals surface area contributed by atoms with Crippen LogP contribution in [0.5, 0.6) is 0 Å². The molecule has 1 aliphatic carbocycles. The van der Waals surface area contributed by atoms with Crippen LogP contribution in [-0.2, 0) is 0 Å². The standard InChI is InChI=1S/C10H16N2O2/c1-7-5-8(6-9(7)13)12-4-2-3-11-10(12)14/h2,4,7-9,13H,3,5-6H2,1H3,(H,11,14). The SMILES string of the molecule is CC1CC(N2C=CCNC2=O)CC1O. The fraction of sp³-hybridized carbons (Fsp3) is 0.700. The molecule has 0 aromatic carbocycles. The molecule has 3 unspecified atom stereocenters.